The molecular weight excluding hydrogens is 214 g/mol. The van der Waals surface area contributed by atoms with Crippen molar-refractivity contribution in [2.75, 3.05) is 12.3 Å². The Labute approximate surface area is 102 Å². The highest BCUT2D eigenvalue weighted by molar-refractivity contribution is 5.94. The number of nitrogen functional groups attached to an aromatic ring is 1. The Hall–Kier alpha value is -1.71. The number of nitrogens with zero attached hydrogens (tertiary/aromatic N) is 2. The minimum Gasteiger partial charge on any atom is -0.397 e. The molecule has 1 saturated carbocycles. The van der Waals surface area contributed by atoms with Crippen molar-refractivity contribution in [3.63, 3.8) is 0 Å². The minimum absolute atomic E-state index is 0.0611. The number of amides is 1. The highest BCUT2D eigenvalue weighted by atomic mass is 16.2. The Kier molecular flexibility index (Phi) is 3.22. The molecule has 0 saturated heterocycles. The molecule has 92 valence electrons. The van der Waals surface area contributed by atoms with Crippen LogP contribution in [0.25, 0.3) is 0 Å². The van der Waals surface area contributed by atoms with Gasteiger partial charge in [0.05, 0.1) is 5.69 Å². The predicted octanol–water partition coefficient (Wildman–Crippen LogP) is 1.88. The summed E-state index contributed by atoms with van der Waals surface area (Å²) in [5, 5.41) is 0. The Bertz CT molecular complexity index is 432. The number of carbonyl (C=O) groups is 1. The molecule has 0 spiro atoms. The molecule has 1 fully saturated rings. The van der Waals surface area contributed by atoms with Gasteiger partial charge in [0.2, 0.25) is 0 Å². The molecule has 1 aromatic heterocycles. The van der Waals surface area contributed by atoms with Crippen LogP contribution in [-0.2, 0) is 6.54 Å². The van der Waals surface area contributed by atoms with Crippen molar-refractivity contribution in [1.29, 1.82) is 0 Å². The van der Waals surface area contributed by atoms with Gasteiger partial charge in [0.1, 0.15) is 5.69 Å². The average molecular weight is 233 g/mol. The van der Waals surface area contributed by atoms with E-state index in [9.17, 15) is 4.79 Å². The molecule has 17 heavy (non-hydrogen) atoms. The largest absolute Gasteiger partial charge is 0.397 e. The van der Waals surface area contributed by atoms with Crippen molar-refractivity contribution in [2.45, 2.75) is 32.4 Å². The topological polar surface area (TPSA) is 51.3 Å². The first kappa shape index (κ1) is 11.8. The lowest BCUT2D eigenvalue weighted by Gasteiger charge is -2.21. The molecule has 2 N–H and O–H groups in total. The van der Waals surface area contributed by atoms with Gasteiger partial charge in [0, 0.05) is 25.3 Å². The second-order valence-corrected chi connectivity index (χ2v) is 4.42. The number of hydrogen-bond acceptors (Lipinski definition) is 2. The van der Waals surface area contributed by atoms with Crippen molar-refractivity contribution in [3.05, 3.63) is 30.6 Å². The average Bonchev–Trinajstić information content (AvgIpc) is 3.08. The van der Waals surface area contributed by atoms with Crippen LogP contribution in [-0.4, -0.2) is 28.0 Å². The van der Waals surface area contributed by atoms with Gasteiger partial charge in [0.25, 0.3) is 5.91 Å². The lowest BCUT2D eigenvalue weighted by Crippen LogP contribution is -2.34. The zero-order valence-electron chi connectivity index (χ0n) is 10.2. The van der Waals surface area contributed by atoms with E-state index >= 15 is 0 Å². The van der Waals surface area contributed by atoms with Crippen LogP contribution in [0.5, 0.6) is 0 Å². The molecule has 1 aromatic rings. The highest BCUT2D eigenvalue weighted by Crippen LogP contribution is 2.28. The van der Waals surface area contributed by atoms with Crippen LogP contribution in [0.4, 0.5) is 5.69 Å². The highest BCUT2D eigenvalue weighted by Gasteiger charge is 2.33. The first-order valence-corrected chi connectivity index (χ1v) is 6.04. The van der Waals surface area contributed by atoms with Crippen LogP contribution in [0.15, 0.2) is 24.9 Å². The van der Waals surface area contributed by atoms with Gasteiger partial charge in [-0.3, -0.25) is 4.79 Å². The number of anilines is 1. The molecule has 0 atom stereocenters. The van der Waals surface area contributed by atoms with E-state index in [1.807, 2.05) is 22.6 Å². The first-order valence-electron chi connectivity index (χ1n) is 6.04. The molecule has 0 aromatic carbocycles. The van der Waals surface area contributed by atoms with E-state index in [0.29, 0.717) is 24.0 Å². The summed E-state index contributed by atoms with van der Waals surface area (Å²) in [6.45, 7) is 7.08. The number of hydrogen-bond donors (Lipinski definition) is 1. The van der Waals surface area contributed by atoms with Crippen molar-refractivity contribution >= 4 is 11.6 Å². The fraction of sp³-hybridized carbons (Fsp3) is 0.462. The number of nitrogens with two attached hydrogens (primary N) is 1. The standard InChI is InChI=1S/C13H19N3O/c1-3-7-16(11-5-6-11)13(17)12-8-10(14)9-15(12)4-2/h3,8-9,11H,1,4-7,14H2,2H3. The number of rotatable bonds is 5. The number of carbonyl (C=O) groups excluding carboxylic acids is 1. The molecule has 0 bridgehead atoms. The Morgan fingerprint density at radius 1 is 1.71 bits per heavy atom. The molecule has 1 amide bonds. The molecular formula is C13H19N3O. The molecule has 1 aliphatic carbocycles. The lowest BCUT2D eigenvalue weighted by molar-refractivity contribution is 0.0752. The molecule has 0 radical (unpaired) electrons. The SMILES string of the molecule is C=CCN(C(=O)c1cc(N)cn1CC)C1CC1. The van der Waals surface area contributed by atoms with Crippen LogP contribution >= 0.6 is 0 Å². The van der Waals surface area contributed by atoms with E-state index in [1.165, 1.54) is 0 Å². The summed E-state index contributed by atoms with van der Waals surface area (Å²) in [7, 11) is 0. The van der Waals surface area contributed by atoms with Gasteiger partial charge in [-0.1, -0.05) is 6.08 Å². The van der Waals surface area contributed by atoms with E-state index in [4.69, 9.17) is 5.73 Å². The third-order valence-corrected chi connectivity index (χ3v) is 3.05. The smallest absolute Gasteiger partial charge is 0.271 e. The number of aryl methyl sites for hydroxylation is 1. The summed E-state index contributed by atoms with van der Waals surface area (Å²) in [4.78, 5) is 14.3. The van der Waals surface area contributed by atoms with Gasteiger partial charge in [-0.25, -0.2) is 0 Å². The predicted molar refractivity (Wildman–Crippen MR) is 68.8 cm³/mol. The molecule has 4 nitrogen and oxygen atoms in total. The zero-order valence-corrected chi connectivity index (χ0v) is 10.2. The van der Waals surface area contributed by atoms with Crippen LogP contribution in [0.3, 0.4) is 0 Å². The van der Waals surface area contributed by atoms with Gasteiger partial charge < -0.3 is 15.2 Å². The van der Waals surface area contributed by atoms with Crippen molar-refractivity contribution in [2.24, 2.45) is 0 Å². The molecule has 4 heteroatoms. The quantitative estimate of drug-likeness (QED) is 0.789. The van der Waals surface area contributed by atoms with Crippen LogP contribution < -0.4 is 5.73 Å². The van der Waals surface area contributed by atoms with E-state index in [-0.39, 0.29) is 5.91 Å². The fourth-order valence-corrected chi connectivity index (χ4v) is 2.04. The van der Waals surface area contributed by atoms with E-state index < -0.39 is 0 Å². The Balaban J connectivity index is 2.24. The first-order chi connectivity index (χ1) is 8.17. The van der Waals surface area contributed by atoms with Gasteiger partial charge >= 0.3 is 0 Å². The summed E-state index contributed by atoms with van der Waals surface area (Å²) in [6, 6.07) is 2.14. The van der Waals surface area contributed by atoms with Gasteiger partial charge in [-0.05, 0) is 25.8 Å². The molecule has 1 heterocycles. The maximum Gasteiger partial charge on any atom is 0.271 e. The third-order valence-electron chi connectivity index (χ3n) is 3.05. The second kappa shape index (κ2) is 4.65. The monoisotopic (exact) mass is 233 g/mol. The maximum absolute atomic E-state index is 12.4. The van der Waals surface area contributed by atoms with Gasteiger partial charge in [-0.15, -0.1) is 6.58 Å². The van der Waals surface area contributed by atoms with Crippen LogP contribution in [0, 0.1) is 0 Å². The summed E-state index contributed by atoms with van der Waals surface area (Å²) in [5.41, 5.74) is 7.07. The zero-order chi connectivity index (χ0) is 12.4. The summed E-state index contributed by atoms with van der Waals surface area (Å²) < 4.78 is 1.90. The van der Waals surface area contributed by atoms with Crippen LogP contribution in [0.1, 0.15) is 30.3 Å². The number of aromatic nitrogens is 1. The van der Waals surface area contributed by atoms with E-state index in [2.05, 4.69) is 6.58 Å². The minimum atomic E-state index is 0.0611. The summed E-state index contributed by atoms with van der Waals surface area (Å²) in [6.07, 6.45) is 5.79. The maximum atomic E-state index is 12.4. The van der Waals surface area contributed by atoms with Gasteiger partial charge in [0.15, 0.2) is 0 Å². The van der Waals surface area contributed by atoms with E-state index in [1.54, 1.807) is 12.1 Å². The molecule has 1 aliphatic rings. The normalized spacial score (nSPS) is 14.6. The second-order valence-electron chi connectivity index (χ2n) is 4.42. The third kappa shape index (κ3) is 2.35. The Morgan fingerprint density at radius 3 is 2.94 bits per heavy atom. The van der Waals surface area contributed by atoms with Gasteiger partial charge in [-0.2, -0.15) is 0 Å². The van der Waals surface area contributed by atoms with Crippen LogP contribution in [0.2, 0.25) is 0 Å². The summed E-state index contributed by atoms with van der Waals surface area (Å²) >= 11 is 0. The summed E-state index contributed by atoms with van der Waals surface area (Å²) in [5.74, 6) is 0.0611. The van der Waals surface area contributed by atoms with Crippen molar-refractivity contribution < 1.29 is 4.79 Å². The van der Waals surface area contributed by atoms with E-state index in [0.717, 1.165) is 19.4 Å². The molecule has 0 unspecified atom stereocenters. The fourth-order valence-electron chi connectivity index (χ4n) is 2.04. The van der Waals surface area contributed by atoms with Crippen molar-refractivity contribution in [1.82, 2.24) is 9.47 Å². The van der Waals surface area contributed by atoms with Crippen molar-refractivity contribution in [3.8, 4) is 0 Å². The molecule has 0 aliphatic heterocycles. The lowest BCUT2D eigenvalue weighted by atomic mass is 10.3. The molecule has 2 rings (SSSR count). The Morgan fingerprint density at radius 2 is 2.41 bits per heavy atom.